The average Bonchev–Trinajstić information content (AvgIpc) is 2.71. The molecule has 0 aromatic rings. The van der Waals surface area contributed by atoms with E-state index >= 15 is 0 Å². The van der Waals surface area contributed by atoms with Gasteiger partial charge in [-0.05, 0) is 31.6 Å². The molecule has 0 aromatic carbocycles. The molecule has 2 aliphatic rings. The van der Waals surface area contributed by atoms with Crippen LogP contribution in [0.5, 0.6) is 0 Å². The number of nitrogens with one attached hydrogen (secondary N) is 1. The van der Waals surface area contributed by atoms with Crippen molar-refractivity contribution in [3.05, 3.63) is 0 Å². The van der Waals surface area contributed by atoms with Gasteiger partial charge >= 0.3 is 0 Å². The number of carbonyl (C=O) groups is 1. The predicted octanol–water partition coefficient (Wildman–Crippen LogP) is 7.31. The Morgan fingerprint density at radius 2 is 1.04 bits per heavy atom. The van der Waals surface area contributed by atoms with Gasteiger partial charge in [0, 0.05) is 12.5 Å². The van der Waals surface area contributed by atoms with E-state index < -0.39 is 0 Å². The smallest absolute Gasteiger partial charge is 0.220 e. The molecule has 1 amide bonds. The summed E-state index contributed by atoms with van der Waals surface area (Å²) in [6.07, 6.45) is 27.9. The van der Waals surface area contributed by atoms with E-state index in [1.54, 1.807) is 0 Å². The first kappa shape index (κ1) is 21.8. The van der Waals surface area contributed by atoms with Crippen LogP contribution in [0.3, 0.4) is 0 Å². The van der Waals surface area contributed by atoms with Crippen LogP contribution in [0.4, 0.5) is 0 Å². The molecule has 1 N–H and O–H groups in total. The minimum absolute atomic E-state index is 0.325. The van der Waals surface area contributed by atoms with Crippen LogP contribution in [-0.2, 0) is 4.79 Å². The van der Waals surface area contributed by atoms with Crippen LogP contribution in [0, 0.1) is 5.92 Å². The molecule has 2 heteroatoms. The van der Waals surface area contributed by atoms with Crippen molar-refractivity contribution in [2.24, 2.45) is 5.92 Å². The molecule has 2 rings (SSSR count). The lowest BCUT2D eigenvalue weighted by Crippen LogP contribution is -2.34. The van der Waals surface area contributed by atoms with E-state index in [0.29, 0.717) is 11.9 Å². The van der Waals surface area contributed by atoms with Gasteiger partial charge in [0.1, 0.15) is 0 Å². The average molecular weight is 364 g/mol. The number of hydrogen-bond acceptors (Lipinski definition) is 1. The summed E-state index contributed by atoms with van der Waals surface area (Å²) >= 11 is 0. The Bertz CT molecular complexity index is 332. The van der Waals surface area contributed by atoms with Crippen LogP contribution in [0.1, 0.15) is 135 Å². The largest absolute Gasteiger partial charge is 0.353 e. The first-order valence-corrected chi connectivity index (χ1v) is 12.1. The lowest BCUT2D eigenvalue weighted by molar-refractivity contribution is -0.122. The third-order valence-electron chi connectivity index (χ3n) is 6.71. The minimum Gasteiger partial charge on any atom is -0.353 e. The molecule has 152 valence electrons. The summed E-state index contributed by atoms with van der Waals surface area (Å²) < 4.78 is 0. The highest BCUT2D eigenvalue weighted by Gasteiger charge is 2.15. The molecule has 2 nitrogen and oxygen atoms in total. The Morgan fingerprint density at radius 3 is 1.54 bits per heavy atom. The molecular formula is C24H45NO. The zero-order valence-corrected chi connectivity index (χ0v) is 17.4. The van der Waals surface area contributed by atoms with Crippen molar-refractivity contribution in [1.82, 2.24) is 5.32 Å². The fourth-order valence-electron chi connectivity index (χ4n) is 4.99. The highest BCUT2D eigenvalue weighted by atomic mass is 16.1. The summed E-state index contributed by atoms with van der Waals surface area (Å²) in [5, 5.41) is 3.36. The second-order valence-electron chi connectivity index (χ2n) is 9.13. The Morgan fingerprint density at radius 1 is 0.615 bits per heavy atom. The van der Waals surface area contributed by atoms with Crippen molar-refractivity contribution in [3.63, 3.8) is 0 Å². The van der Waals surface area contributed by atoms with Crippen molar-refractivity contribution in [3.8, 4) is 0 Å². The maximum Gasteiger partial charge on any atom is 0.220 e. The summed E-state index contributed by atoms with van der Waals surface area (Å²) in [6, 6.07) is 0.456. The molecule has 0 aromatic heterocycles. The van der Waals surface area contributed by atoms with Crippen LogP contribution >= 0.6 is 0 Å². The Hall–Kier alpha value is -0.530. The van der Waals surface area contributed by atoms with Crippen molar-refractivity contribution >= 4 is 5.91 Å². The lowest BCUT2D eigenvalue weighted by Gasteiger charge is -2.19. The van der Waals surface area contributed by atoms with Crippen LogP contribution in [0.15, 0.2) is 0 Å². The van der Waals surface area contributed by atoms with E-state index in [0.717, 1.165) is 18.8 Å². The molecule has 0 aliphatic heterocycles. The van der Waals surface area contributed by atoms with Crippen LogP contribution < -0.4 is 5.32 Å². The zero-order chi connectivity index (χ0) is 18.3. The predicted molar refractivity (Wildman–Crippen MR) is 112 cm³/mol. The maximum absolute atomic E-state index is 12.4. The van der Waals surface area contributed by atoms with Gasteiger partial charge in [0.05, 0.1) is 0 Å². The molecule has 26 heavy (non-hydrogen) atoms. The molecule has 2 aliphatic carbocycles. The van der Waals surface area contributed by atoms with Crippen molar-refractivity contribution < 1.29 is 4.79 Å². The Kier molecular flexibility index (Phi) is 12.2. The minimum atomic E-state index is 0.325. The van der Waals surface area contributed by atoms with Gasteiger partial charge in [0.2, 0.25) is 5.91 Å². The summed E-state index contributed by atoms with van der Waals surface area (Å²) in [7, 11) is 0. The number of carbonyl (C=O) groups excluding carboxylic acids is 1. The fraction of sp³-hybridized carbons (Fsp3) is 0.958. The molecule has 0 bridgehead atoms. The van der Waals surface area contributed by atoms with Gasteiger partial charge in [-0.25, -0.2) is 0 Å². The monoisotopic (exact) mass is 363 g/mol. The number of rotatable bonds is 5. The molecule has 2 saturated carbocycles. The maximum atomic E-state index is 12.4. The highest BCUT2D eigenvalue weighted by molar-refractivity contribution is 5.76. The molecule has 0 heterocycles. The fourth-order valence-corrected chi connectivity index (χ4v) is 4.99. The first-order chi connectivity index (χ1) is 12.8. The Balaban J connectivity index is 1.61. The number of amides is 1. The quantitative estimate of drug-likeness (QED) is 0.545. The molecule has 0 atom stereocenters. The van der Waals surface area contributed by atoms with Crippen molar-refractivity contribution in [1.29, 1.82) is 0 Å². The van der Waals surface area contributed by atoms with E-state index in [1.165, 1.54) is 122 Å². The van der Waals surface area contributed by atoms with E-state index in [9.17, 15) is 4.79 Å². The normalized spacial score (nSPS) is 23.2. The van der Waals surface area contributed by atoms with Gasteiger partial charge in [-0.1, -0.05) is 103 Å². The third kappa shape index (κ3) is 10.6. The summed E-state index contributed by atoms with van der Waals surface area (Å²) in [4.78, 5) is 12.4. The lowest BCUT2D eigenvalue weighted by atomic mass is 9.90. The van der Waals surface area contributed by atoms with Gasteiger partial charge in [-0.2, -0.15) is 0 Å². The standard InChI is InChI=1S/C24H45NO/c26-24(25-23-19-13-9-5-6-10-14-20-23)21-15-18-22-16-11-7-3-1-2-4-8-12-17-22/h22-23H,1-21H2,(H,25,26). The van der Waals surface area contributed by atoms with Crippen LogP contribution in [-0.4, -0.2) is 11.9 Å². The van der Waals surface area contributed by atoms with Gasteiger partial charge in [0.25, 0.3) is 0 Å². The zero-order valence-electron chi connectivity index (χ0n) is 17.4. The van der Waals surface area contributed by atoms with Crippen LogP contribution in [0.25, 0.3) is 0 Å². The van der Waals surface area contributed by atoms with Gasteiger partial charge in [0.15, 0.2) is 0 Å². The second-order valence-corrected chi connectivity index (χ2v) is 9.13. The van der Waals surface area contributed by atoms with Gasteiger partial charge in [-0.3, -0.25) is 4.79 Å². The van der Waals surface area contributed by atoms with Crippen molar-refractivity contribution in [2.45, 2.75) is 141 Å². The summed E-state index contributed by atoms with van der Waals surface area (Å²) in [6.45, 7) is 0. The van der Waals surface area contributed by atoms with E-state index in [4.69, 9.17) is 0 Å². The molecule has 0 saturated heterocycles. The van der Waals surface area contributed by atoms with E-state index in [1.807, 2.05) is 0 Å². The number of hydrogen-bond donors (Lipinski definition) is 1. The third-order valence-corrected chi connectivity index (χ3v) is 6.71. The second kappa shape index (κ2) is 14.5. The summed E-state index contributed by atoms with van der Waals surface area (Å²) in [5.74, 6) is 1.21. The molecule has 0 radical (unpaired) electrons. The topological polar surface area (TPSA) is 29.1 Å². The Labute approximate surface area is 163 Å². The van der Waals surface area contributed by atoms with Crippen molar-refractivity contribution in [2.75, 3.05) is 0 Å². The van der Waals surface area contributed by atoms with Crippen LogP contribution in [0.2, 0.25) is 0 Å². The van der Waals surface area contributed by atoms with E-state index in [-0.39, 0.29) is 0 Å². The van der Waals surface area contributed by atoms with Gasteiger partial charge in [-0.15, -0.1) is 0 Å². The van der Waals surface area contributed by atoms with E-state index in [2.05, 4.69) is 5.32 Å². The highest BCUT2D eigenvalue weighted by Crippen LogP contribution is 2.25. The molecule has 0 spiro atoms. The first-order valence-electron chi connectivity index (χ1n) is 12.1. The molecule has 2 fully saturated rings. The van der Waals surface area contributed by atoms with Gasteiger partial charge < -0.3 is 5.32 Å². The summed E-state index contributed by atoms with van der Waals surface area (Å²) in [5.41, 5.74) is 0. The molecule has 0 unspecified atom stereocenters. The SMILES string of the molecule is O=C(CCCC1CCCCCCCCCC1)NC1CCCCCCCC1. The molecular weight excluding hydrogens is 318 g/mol.